The van der Waals surface area contributed by atoms with Crippen molar-refractivity contribution < 1.29 is 18.8 Å². The Morgan fingerprint density at radius 3 is 2.54 bits per heavy atom. The summed E-state index contributed by atoms with van der Waals surface area (Å²) in [5.74, 6) is -0.136. The van der Waals surface area contributed by atoms with Crippen LogP contribution in [0.3, 0.4) is 0 Å². The monoisotopic (exact) mass is 527 g/mol. The molecule has 0 spiro atoms. The molecule has 2 aliphatic rings. The molecule has 0 saturated carbocycles. The first-order chi connectivity index (χ1) is 18.8. The maximum absolute atomic E-state index is 14.2. The van der Waals surface area contributed by atoms with E-state index in [0.717, 1.165) is 30.4 Å². The minimum Gasteiger partial charge on any atom is -0.340 e. The van der Waals surface area contributed by atoms with Gasteiger partial charge in [-0.25, -0.2) is 9.18 Å². The standard InChI is InChI=1S/C32H34FN3O3/c1-22(37)26-9-4-10-29(19-26)34-31(39)35-32(16-15-25-7-2-3-8-27(25)20-32)30(38)36-17-5-6-24(21-36)18-23-11-13-28(33)14-12-23/h2-4,7-14,19,24H,5-6,15-18,20-21H2,1H3,(H2,34,35,39)/t24-,32?/m0/s1. The summed E-state index contributed by atoms with van der Waals surface area (Å²) in [6, 6.07) is 21.0. The molecule has 3 aromatic rings. The Kier molecular flexibility index (Phi) is 7.77. The number of benzene rings is 3. The highest BCUT2D eigenvalue weighted by molar-refractivity contribution is 5.99. The van der Waals surface area contributed by atoms with E-state index in [1.54, 1.807) is 24.3 Å². The minimum atomic E-state index is -1.08. The Labute approximate surface area is 228 Å². The molecule has 202 valence electrons. The third kappa shape index (κ3) is 6.19. The number of likely N-dealkylation sites (tertiary alicyclic amines) is 1. The highest BCUT2D eigenvalue weighted by Gasteiger charge is 2.45. The number of nitrogens with zero attached hydrogens (tertiary/aromatic N) is 1. The maximum Gasteiger partial charge on any atom is 0.320 e. The molecule has 5 rings (SSSR count). The second-order valence-corrected chi connectivity index (χ2v) is 10.8. The first kappa shape index (κ1) is 26.6. The molecular weight excluding hydrogens is 493 g/mol. The Bertz CT molecular complexity index is 1370. The summed E-state index contributed by atoms with van der Waals surface area (Å²) >= 11 is 0. The molecule has 7 heteroatoms. The van der Waals surface area contributed by atoms with Crippen molar-refractivity contribution in [3.63, 3.8) is 0 Å². The van der Waals surface area contributed by atoms with Gasteiger partial charge in [0.2, 0.25) is 5.91 Å². The van der Waals surface area contributed by atoms with Crippen LogP contribution in [0.5, 0.6) is 0 Å². The number of hydrogen-bond acceptors (Lipinski definition) is 3. The van der Waals surface area contributed by atoms with E-state index in [9.17, 15) is 18.8 Å². The van der Waals surface area contributed by atoms with Crippen molar-refractivity contribution in [2.45, 2.75) is 51.0 Å². The number of amides is 3. The summed E-state index contributed by atoms with van der Waals surface area (Å²) in [6.07, 6.45) is 4.27. The first-order valence-electron chi connectivity index (χ1n) is 13.6. The molecular formula is C32H34FN3O3. The van der Waals surface area contributed by atoms with Crippen molar-refractivity contribution in [1.29, 1.82) is 0 Å². The van der Waals surface area contributed by atoms with E-state index in [4.69, 9.17) is 0 Å². The van der Waals surface area contributed by atoms with Crippen LogP contribution in [0.1, 0.15) is 53.2 Å². The number of ketones is 1. The summed E-state index contributed by atoms with van der Waals surface area (Å²) in [5, 5.41) is 5.90. The Hall–Kier alpha value is -4.00. The number of rotatable bonds is 6. The van der Waals surface area contributed by atoms with E-state index in [1.165, 1.54) is 24.6 Å². The van der Waals surface area contributed by atoms with Crippen molar-refractivity contribution in [3.8, 4) is 0 Å². The van der Waals surface area contributed by atoms with Crippen molar-refractivity contribution in [2.75, 3.05) is 18.4 Å². The number of carbonyl (C=O) groups is 3. The van der Waals surface area contributed by atoms with Gasteiger partial charge >= 0.3 is 6.03 Å². The second kappa shape index (κ2) is 11.4. The molecule has 1 unspecified atom stereocenters. The third-order valence-corrected chi connectivity index (χ3v) is 7.96. The van der Waals surface area contributed by atoms with Gasteiger partial charge in [0, 0.05) is 30.8 Å². The smallest absolute Gasteiger partial charge is 0.320 e. The van der Waals surface area contributed by atoms with Crippen molar-refractivity contribution in [2.24, 2.45) is 5.92 Å². The van der Waals surface area contributed by atoms with Crippen LogP contribution in [0.15, 0.2) is 72.8 Å². The van der Waals surface area contributed by atoms with Crippen LogP contribution in [0.25, 0.3) is 0 Å². The van der Waals surface area contributed by atoms with Crippen LogP contribution in [0.2, 0.25) is 0 Å². The number of piperidine rings is 1. The molecule has 0 aromatic heterocycles. The zero-order valence-corrected chi connectivity index (χ0v) is 22.2. The lowest BCUT2D eigenvalue weighted by molar-refractivity contribution is -0.140. The fourth-order valence-electron chi connectivity index (χ4n) is 5.95. The molecule has 0 bridgehead atoms. The Morgan fingerprint density at radius 1 is 1.00 bits per heavy atom. The van der Waals surface area contributed by atoms with Gasteiger partial charge in [-0.1, -0.05) is 48.5 Å². The SMILES string of the molecule is CC(=O)c1cccc(NC(=O)NC2(C(=O)N3CCC[C@@H](Cc4ccc(F)cc4)C3)CCc3ccccc3C2)c1. The highest BCUT2D eigenvalue weighted by Crippen LogP contribution is 2.32. The largest absolute Gasteiger partial charge is 0.340 e. The molecule has 2 atom stereocenters. The lowest BCUT2D eigenvalue weighted by Crippen LogP contribution is -2.64. The number of hydrogen-bond donors (Lipinski definition) is 2. The van der Waals surface area contributed by atoms with Gasteiger partial charge < -0.3 is 15.5 Å². The quantitative estimate of drug-likeness (QED) is 0.412. The Morgan fingerprint density at radius 2 is 1.77 bits per heavy atom. The summed E-state index contributed by atoms with van der Waals surface area (Å²) in [6.45, 7) is 2.73. The molecule has 3 amide bonds. The molecule has 0 radical (unpaired) electrons. The topological polar surface area (TPSA) is 78.5 Å². The summed E-state index contributed by atoms with van der Waals surface area (Å²) < 4.78 is 13.4. The molecule has 6 nitrogen and oxygen atoms in total. The van der Waals surface area contributed by atoms with E-state index in [-0.39, 0.29) is 23.4 Å². The number of aryl methyl sites for hydroxylation is 1. The number of nitrogens with one attached hydrogen (secondary N) is 2. The van der Waals surface area contributed by atoms with Crippen molar-refractivity contribution >= 4 is 23.4 Å². The lowest BCUT2D eigenvalue weighted by Gasteiger charge is -2.43. The first-order valence-corrected chi connectivity index (χ1v) is 13.6. The maximum atomic E-state index is 14.2. The molecule has 1 saturated heterocycles. The average molecular weight is 528 g/mol. The fourth-order valence-corrected chi connectivity index (χ4v) is 5.95. The molecule has 39 heavy (non-hydrogen) atoms. The second-order valence-electron chi connectivity index (χ2n) is 10.8. The van der Waals surface area contributed by atoms with E-state index < -0.39 is 11.6 Å². The van der Waals surface area contributed by atoms with Crippen molar-refractivity contribution in [1.82, 2.24) is 10.2 Å². The Balaban J connectivity index is 1.35. The molecule has 1 aliphatic carbocycles. The highest BCUT2D eigenvalue weighted by atomic mass is 19.1. The van der Waals surface area contributed by atoms with Gasteiger partial charge in [0.1, 0.15) is 11.4 Å². The molecule has 3 aromatic carbocycles. The van der Waals surface area contributed by atoms with Gasteiger partial charge in [0.05, 0.1) is 0 Å². The third-order valence-electron chi connectivity index (χ3n) is 7.96. The number of fused-ring (bicyclic) bond motifs is 1. The fraction of sp³-hybridized carbons (Fsp3) is 0.344. The molecule has 2 N–H and O–H groups in total. The average Bonchev–Trinajstić information content (AvgIpc) is 2.94. The van der Waals surface area contributed by atoms with E-state index in [0.29, 0.717) is 43.6 Å². The predicted octanol–water partition coefficient (Wildman–Crippen LogP) is 5.56. The van der Waals surface area contributed by atoms with Gasteiger partial charge in [0.25, 0.3) is 0 Å². The van der Waals surface area contributed by atoms with Crippen LogP contribution in [0.4, 0.5) is 14.9 Å². The van der Waals surface area contributed by atoms with E-state index >= 15 is 0 Å². The van der Waals surface area contributed by atoms with Gasteiger partial charge in [-0.05, 0) is 85.9 Å². The number of urea groups is 1. The summed E-state index contributed by atoms with van der Waals surface area (Å²) in [7, 11) is 0. The molecule has 1 fully saturated rings. The lowest BCUT2D eigenvalue weighted by atomic mass is 9.76. The van der Waals surface area contributed by atoms with Crippen molar-refractivity contribution in [3.05, 3.63) is 101 Å². The molecule has 1 heterocycles. The predicted molar refractivity (Wildman–Crippen MR) is 149 cm³/mol. The number of halogens is 1. The normalized spacial score (nSPS) is 20.6. The van der Waals surface area contributed by atoms with Crippen LogP contribution in [-0.2, 0) is 24.1 Å². The summed E-state index contributed by atoms with van der Waals surface area (Å²) in [5.41, 5.74) is 3.25. The van der Waals surface area contributed by atoms with Gasteiger partial charge in [0.15, 0.2) is 5.78 Å². The van der Waals surface area contributed by atoms with Crippen LogP contribution in [-0.4, -0.2) is 41.2 Å². The zero-order valence-electron chi connectivity index (χ0n) is 22.2. The van der Waals surface area contributed by atoms with Crippen LogP contribution in [0, 0.1) is 11.7 Å². The minimum absolute atomic E-state index is 0.0616. The molecule has 1 aliphatic heterocycles. The summed E-state index contributed by atoms with van der Waals surface area (Å²) in [4.78, 5) is 41.2. The van der Waals surface area contributed by atoms with Crippen LogP contribution >= 0.6 is 0 Å². The number of anilines is 1. The van der Waals surface area contributed by atoms with E-state index in [2.05, 4.69) is 16.7 Å². The van der Waals surface area contributed by atoms with Gasteiger partial charge in [-0.3, -0.25) is 9.59 Å². The van der Waals surface area contributed by atoms with Gasteiger partial charge in [-0.2, -0.15) is 0 Å². The van der Waals surface area contributed by atoms with Gasteiger partial charge in [-0.15, -0.1) is 0 Å². The number of Topliss-reactive ketones (excluding diaryl/α,β-unsaturated/α-hetero) is 1. The van der Waals surface area contributed by atoms with E-state index in [1.807, 2.05) is 35.2 Å². The van der Waals surface area contributed by atoms with Crippen LogP contribution < -0.4 is 10.6 Å². The number of carbonyl (C=O) groups excluding carboxylic acids is 3. The zero-order chi connectivity index (χ0) is 27.4.